The van der Waals surface area contributed by atoms with E-state index in [9.17, 15) is 0 Å². The van der Waals surface area contributed by atoms with Gasteiger partial charge in [-0.1, -0.05) is 59.6 Å². The topological polar surface area (TPSA) is 38.7 Å². The quantitative estimate of drug-likeness (QED) is 0.438. The van der Waals surface area contributed by atoms with E-state index in [0.717, 1.165) is 27.7 Å². The predicted octanol–water partition coefficient (Wildman–Crippen LogP) is 5.97. The maximum Gasteiger partial charge on any atom is 0.178 e. The highest BCUT2D eigenvalue weighted by molar-refractivity contribution is 6.43. The minimum atomic E-state index is 0.497. The monoisotopic (exact) mass is 365 g/mol. The number of nitrogens with zero attached hydrogens (tertiary/aromatic N) is 3. The second-order valence-corrected chi connectivity index (χ2v) is 6.50. The molecule has 0 unspecified atom stereocenters. The summed E-state index contributed by atoms with van der Waals surface area (Å²) in [5.41, 5.74) is 4.17. The molecule has 0 saturated carbocycles. The first kappa shape index (κ1) is 16.0. The molecule has 5 heteroatoms. The average Bonchev–Trinajstić information content (AvgIpc) is 2.64. The molecule has 0 amide bonds. The van der Waals surface area contributed by atoms with Gasteiger partial charge >= 0.3 is 0 Å². The number of para-hydroxylation sites is 1. The molecule has 2 heterocycles. The molecule has 3 nitrogen and oxygen atoms in total. The summed E-state index contributed by atoms with van der Waals surface area (Å²) in [4.78, 5) is 13.8. The first-order valence-electron chi connectivity index (χ1n) is 7.77. The Kier molecular flexibility index (Phi) is 4.12. The highest BCUT2D eigenvalue weighted by Crippen LogP contribution is 2.34. The summed E-state index contributed by atoms with van der Waals surface area (Å²) >= 11 is 12.5. The number of aryl methyl sites for hydroxylation is 1. The van der Waals surface area contributed by atoms with Crippen molar-refractivity contribution in [3.8, 4) is 22.8 Å². The molecule has 0 atom stereocenters. The molecule has 0 radical (unpaired) electrons. The first-order valence-corrected chi connectivity index (χ1v) is 8.53. The number of halogens is 2. The Balaban J connectivity index is 1.87. The molecular weight excluding hydrogens is 353 g/mol. The van der Waals surface area contributed by atoms with Crippen LogP contribution < -0.4 is 0 Å². The Bertz CT molecular complexity index is 1090. The van der Waals surface area contributed by atoms with Crippen molar-refractivity contribution in [2.45, 2.75) is 6.92 Å². The van der Waals surface area contributed by atoms with E-state index in [-0.39, 0.29) is 0 Å². The molecular formula is C20H13Cl2N3. The minimum absolute atomic E-state index is 0.497. The van der Waals surface area contributed by atoms with E-state index in [4.69, 9.17) is 28.2 Å². The van der Waals surface area contributed by atoms with E-state index in [1.807, 2.05) is 61.7 Å². The second kappa shape index (κ2) is 6.43. The molecule has 4 aromatic rings. The fraction of sp³-hybridized carbons (Fsp3) is 0.0500. The summed E-state index contributed by atoms with van der Waals surface area (Å²) in [5.74, 6) is 0.582. The fourth-order valence-corrected chi connectivity index (χ4v) is 3.10. The Morgan fingerprint density at radius 2 is 1.68 bits per heavy atom. The van der Waals surface area contributed by atoms with Crippen molar-refractivity contribution in [1.29, 1.82) is 0 Å². The van der Waals surface area contributed by atoms with Crippen LogP contribution in [0.15, 0.2) is 60.8 Å². The van der Waals surface area contributed by atoms with Gasteiger partial charge in [0.15, 0.2) is 5.82 Å². The molecule has 2 aromatic heterocycles. The predicted molar refractivity (Wildman–Crippen MR) is 103 cm³/mol. The lowest BCUT2D eigenvalue weighted by Gasteiger charge is -2.10. The number of hydrogen-bond acceptors (Lipinski definition) is 3. The van der Waals surface area contributed by atoms with Crippen LogP contribution in [0.3, 0.4) is 0 Å². The molecule has 0 aliphatic rings. The lowest BCUT2D eigenvalue weighted by molar-refractivity contribution is 1.17. The Morgan fingerprint density at radius 3 is 2.56 bits per heavy atom. The third kappa shape index (κ3) is 2.97. The zero-order valence-electron chi connectivity index (χ0n) is 13.4. The van der Waals surface area contributed by atoms with Gasteiger partial charge in [-0.05, 0) is 30.7 Å². The maximum absolute atomic E-state index is 6.37. The van der Waals surface area contributed by atoms with Crippen LogP contribution in [0.25, 0.3) is 33.7 Å². The summed E-state index contributed by atoms with van der Waals surface area (Å²) < 4.78 is 0. The molecule has 2 aromatic carbocycles. The highest BCUT2D eigenvalue weighted by atomic mass is 35.5. The van der Waals surface area contributed by atoms with Crippen LogP contribution in [0.5, 0.6) is 0 Å². The standard InChI is InChI=1S/C20H13Cl2N3/c1-12-9-10-17(20-23-11-13-5-2-3-8-16(13)25-20)24-19(12)14-6-4-7-15(21)18(14)22/h2-11H,1H3. The van der Waals surface area contributed by atoms with Crippen LogP contribution in [-0.2, 0) is 0 Å². The van der Waals surface area contributed by atoms with Gasteiger partial charge in [0.25, 0.3) is 0 Å². The Morgan fingerprint density at radius 1 is 0.840 bits per heavy atom. The fourth-order valence-electron chi connectivity index (χ4n) is 2.71. The van der Waals surface area contributed by atoms with Gasteiger partial charge in [-0.25, -0.2) is 15.0 Å². The summed E-state index contributed by atoms with van der Waals surface area (Å²) in [6.45, 7) is 1.99. The van der Waals surface area contributed by atoms with Crippen LogP contribution in [0, 0.1) is 6.92 Å². The number of fused-ring (bicyclic) bond motifs is 1. The summed E-state index contributed by atoms with van der Waals surface area (Å²) in [5, 5.41) is 2.00. The van der Waals surface area contributed by atoms with Gasteiger partial charge in [0, 0.05) is 17.1 Å². The summed E-state index contributed by atoms with van der Waals surface area (Å²) in [7, 11) is 0. The second-order valence-electron chi connectivity index (χ2n) is 5.72. The zero-order chi connectivity index (χ0) is 17.4. The van der Waals surface area contributed by atoms with Gasteiger partial charge in [-0.3, -0.25) is 0 Å². The lowest BCUT2D eigenvalue weighted by Crippen LogP contribution is -1.96. The Labute approximate surface area is 155 Å². The Hall–Kier alpha value is -2.49. The SMILES string of the molecule is Cc1ccc(-c2ncc3ccccc3n2)nc1-c1cccc(Cl)c1Cl. The van der Waals surface area contributed by atoms with Crippen molar-refractivity contribution in [2.24, 2.45) is 0 Å². The van der Waals surface area contributed by atoms with Crippen molar-refractivity contribution in [3.63, 3.8) is 0 Å². The molecule has 0 N–H and O–H groups in total. The van der Waals surface area contributed by atoms with Gasteiger partial charge in [0.05, 0.1) is 21.3 Å². The number of benzene rings is 2. The van der Waals surface area contributed by atoms with Gasteiger partial charge in [0.2, 0.25) is 0 Å². The smallest absolute Gasteiger partial charge is 0.178 e. The zero-order valence-corrected chi connectivity index (χ0v) is 14.9. The van der Waals surface area contributed by atoms with E-state index >= 15 is 0 Å². The molecule has 0 aliphatic carbocycles. The van der Waals surface area contributed by atoms with Crippen LogP contribution >= 0.6 is 23.2 Å². The maximum atomic E-state index is 6.37. The van der Waals surface area contributed by atoms with E-state index < -0.39 is 0 Å². The molecule has 25 heavy (non-hydrogen) atoms. The lowest BCUT2D eigenvalue weighted by atomic mass is 10.1. The third-order valence-electron chi connectivity index (χ3n) is 4.02. The molecule has 0 aliphatic heterocycles. The number of rotatable bonds is 2. The minimum Gasteiger partial charge on any atom is -0.244 e. The van der Waals surface area contributed by atoms with Crippen LogP contribution in [0.1, 0.15) is 5.56 Å². The molecule has 0 saturated heterocycles. The highest BCUT2D eigenvalue weighted by Gasteiger charge is 2.13. The number of hydrogen-bond donors (Lipinski definition) is 0. The van der Waals surface area contributed by atoms with Gasteiger partial charge in [-0.2, -0.15) is 0 Å². The van der Waals surface area contributed by atoms with Crippen molar-refractivity contribution >= 4 is 34.1 Å². The van der Waals surface area contributed by atoms with E-state index in [1.54, 1.807) is 6.07 Å². The van der Waals surface area contributed by atoms with Crippen molar-refractivity contribution in [2.75, 3.05) is 0 Å². The number of pyridine rings is 1. The normalized spacial score (nSPS) is 11.0. The van der Waals surface area contributed by atoms with Gasteiger partial charge < -0.3 is 0 Å². The largest absolute Gasteiger partial charge is 0.244 e. The van der Waals surface area contributed by atoms with E-state index in [1.165, 1.54) is 0 Å². The van der Waals surface area contributed by atoms with Gasteiger partial charge in [0.1, 0.15) is 5.69 Å². The average molecular weight is 366 g/mol. The van der Waals surface area contributed by atoms with Crippen molar-refractivity contribution in [3.05, 3.63) is 76.4 Å². The third-order valence-corrected chi connectivity index (χ3v) is 4.84. The first-order chi connectivity index (χ1) is 12.1. The van der Waals surface area contributed by atoms with Crippen molar-refractivity contribution < 1.29 is 0 Å². The molecule has 0 spiro atoms. The van der Waals surface area contributed by atoms with E-state index in [0.29, 0.717) is 21.6 Å². The summed E-state index contributed by atoms with van der Waals surface area (Å²) in [6.07, 6.45) is 1.81. The number of aromatic nitrogens is 3. The van der Waals surface area contributed by atoms with Crippen LogP contribution in [0.4, 0.5) is 0 Å². The summed E-state index contributed by atoms with van der Waals surface area (Å²) in [6, 6.07) is 17.3. The molecule has 0 fully saturated rings. The van der Waals surface area contributed by atoms with Crippen molar-refractivity contribution in [1.82, 2.24) is 15.0 Å². The molecule has 122 valence electrons. The molecule has 0 bridgehead atoms. The van der Waals surface area contributed by atoms with Crippen LogP contribution in [-0.4, -0.2) is 15.0 Å². The van der Waals surface area contributed by atoms with Gasteiger partial charge in [-0.15, -0.1) is 0 Å². The van der Waals surface area contributed by atoms with E-state index in [2.05, 4.69) is 9.97 Å². The van der Waals surface area contributed by atoms with Crippen LogP contribution in [0.2, 0.25) is 10.0 Å². The molecule has 4 rings (SSSR count).